The molecule has 0 aliphatic carbocycles. The Morgan fingerprint density at radius 2 is 2.16 bits per heavy atom. The lowest BCUT2D eigenvalue weighted by Gasteiger charge is -2.33. The molecule has 4 nitrogen and oxygen atoms in total. The van der Waals surface area contributed by atoms with E-state index in [1.165, 1.54) is 11.1 Å². The van der Waals surface area contributed by atoms with Gasteiger partial charge >= 0.3 is 0 Å². The molecule has 1 aliphatic heterocycles. The molecule has 0 fully saturated rings. The average Bonchev–Trinajstić information content (AvgIpc) is 2.73. The molecule has 0 saturated heterocycles. The molecule has 0 saturated carbocycles. The summed E-state index contributed by atoms with van der Waals surface area (Å²) in [5, 5.41) is 7.63. The van der Waals surface area contributed by atoms with Gasteiger partial charge in [-0.15, -0.1) is 0 Å². The van der Waals surface area contributed by atoms with E-state index < -0.39 is 0 Å². The zero-order valence-electron chi connectivity index (χ0n) is 12.1. The van der Waals surface area contributed by atoms with E-state index in [0.29, 0.717) is 12.0 Å². The van der Waals surface area contributed by atoms with E-state index in [0.717, 1.165) is 19.8 Å². The van der Waals surface area contributed by atoms with Crippen LogP contribution in [0.15, 0.2) is 24.3 Å². The fraction of sp³-hybridized carbons (Fsp3) is 0.533. The zero-order chi connectivity index (χ0) is 14.0. The maximum atomic E-state index is 7.63. The lowest BCUT2D eigenvalue weighted by Crippen LogP contribution is -2.44. The van der Waals surface area contributed by atoms with Gasteiger partial charge in [0.05, 0.1) is 6.67 Å². The average molecular weight is 260 g/mol. The van der Waals surface area contributed by atoms with Crippen molar-refractivity contribution in [2.75, 3.05) is 13.2 Å². The Morgan fingerprint density at radius 3 is 2.74 bits per heavy atom. The van der Waals surface area contributed by atoms with Crippen molar-refractivity contribution in [2.45, 2.75) is 33.4 Å². The van der Waals surface area contributed by atoms with Gasteiger partial charge in [0.2, 0.25) is 0 Å². The number of hydrogen-bond acceptors (Lipinski definition) is 2. The predicted molar refractivity (Wildman–Crippen MR) is 78.7 cm³/mol. The van der Waals surface area contributed by atoms with E-state index in [1.807, 2.05) is 11.8 Å². The van der Waals surface area contributed by atoms with Gasteiger partial charge in [-0.25, -0.2) is 0 Å². The molecule has 2 rings (SSSR count). The molecule has 0 radical (unpaired) electrons. The predicted octanol–water partition coefficient (Wildman–Crippen LogP) is 2.37. The van der Waals surface area contributed by atoms with Crippen LogP contribution in [-0.4, -0.2) is 29.0 Å². The molecule has 3 N–H and O–H groups in total. The second kappa shape index (κ2) is 5.61. The van der Waals surface area contributed by atoms with Crippen LogP contribution in [0.5, 0.6) is 0 Å². The summed E-state index contributed by atoms with van der Waals surface area (Å²) in [6.07, 6.45) is 0. The minimum Gasteiger partial charge on any atom is -0.370 e. The molecule has 0 bridgehead atoms. The monoisotopic (exact) mass is 260 g/mol. The number of nitrogens with zero attached hydrogens (tertiary/aromatic N) is 2. The third-order valence-electron chi connectivity index (χ3n) is 3.85. The van der Waals surface area contributed by atoms with Gasteiger partial charge in [0, 0.05) is 19.1 Å². The Hall–Kier alpha value is -1.55. The topological polar surface area (TPSA) is 56.4 Å². The van der Waals surface area contributed by atoms with Gasteiger partial charge < -0.3 is 10.6 Å². The first kappa shape index (κ1) is 13.9. The summed E-state index contributed by atoms with van der Waals surface area (Å²) in [5.74, 6) is 0.704. The Kier molecular flexibility index (Phi) is 4.10. The minimum absolute atomic E-state index is 0.154. The van der Waals surface area contributed by atoms with Crippen LogP contribution in [0.2, 0.25) is 0 Å². The van der Waals surface area contributed by atoms with Gasteiger partial charge in [-0.05, 0) is 24.0 Å². The first-order valence-corrected chi connectivity index (χ1v) is 6.95. The van der Waals surface area contributed by atoms with Crippen molar-refractivity contribution in [3.63, 3.8) is 0 Å². The third-order valence-corrected chi connectivity index (χ3v) is 3.85. The van der Waals surface area contributed by atoms with E-state index in [9.17, 15) is 0 Å². The van der Waals surface area contributed by atoms with Crippen molar-refractivity contribution in [1.29, 1.82) is 5.41 Å². The summed E-state index contributed by atoms with van der Waals surface area (Å²) in [5.41, 5.74) is 8.47. The summed E-state index contributed by atoms with van der Waals surface area (Å²) in [7, 11) is 0. The maximum Gasteiger partial charge on any atom is 0.189 e. The molecule has 1 atom stereocenters. The summed E-state index contributed by atoms with van der Waals surface area (Å²) < 4.78 is 0. The number of rotatable bonds is 4. The molecule has 19 heavy (non-hydrogen) atoms. The molecule has 1 aromatic carbocycles. The van der Waals surface area contributed by atoms with Crippen molar-refractivity contribution in [3.05, 3.63) is 35.4 Å². The molecular weight excluding hydrogens is 236 g/mol. The van der Waals surface area contributed by atoms with Crippen LogP contribution in [0, 0.1) is 11.3 Å². The minimum atomic E-state index is 0.154. The third kappa shape index (κ3) is 2.73. The second-order valence-corrected chi connectivity index (χ2v) is 5.52. The Morgan fingerprint density at radius 1 is 1.47 bits per heavy atom. The van der Waals surface area contributed by atoms with Gasteiger partial charge in [-0.2, -0.15) is 0 Å². The van der Waals surface area contributed by atoms with Crippen LogP contribution < -0.4 is 5.73 Å². The molecule has 1 aromatic rings. The molecule has 1 unspecified atom stereocenters. The van der Waals surface area contributed by atoms with Crippen molar-refractivity contribution in [1.82, 2.24) is 9.80 Å². The van der Waals surface area contributed by atoms with Crippen molar-refractivity contribution < 1.29 is 0 Å². The summed E-state index contributed by atoms with van der Waals surface area (Å²) in [4.78, 5) is 4.32. The van der Waals surface area contributed by atoms with Crippen LogP contribution in [0.25, 0.3) is 0 Å². The van der Waals surface area contributed by atoms with Gasteiger partial charge in [-0.3, -0.25) is 10.3 Å². The first-order valence-electron chi connectivity index (χ1n) is 6.95. The summed E-state index contributed by atoms with van der Waals surface area (Å²) in [6, 6.07) is 9.06. The number of fused-ring (bicyclic) bond motifs is 1. The van der Waals surface area contributed by atoms with Crippen LogP contribution in [0.4, 0.5) is 0 Å². The highest BCUT2D eigenvalue weighted by atomic mass is 15.4. The molecule has 4 heteroatoms. The van der Waals surface area contributed by atoms with Gasteiger partial charge in [0.15, 0.2) is 5.96 Å². The fourth-order valence-corrected chi connectivity index (χ4v) is 2.97. The normalized spacial score (nSPS) is 18.6. The highest BCUT2D eigenvalue weighted by molar-refractivity contribution is 5.74. The SMILES string of the molecule is CCN(CN1Cc2ccccc2C1C(C)C)C(=N)N. The molecule has 0 spiro atoms. The number of nitrogens with two attached hydrogens (primary N) is 1. The van der Waals surface area contributed by atoms with Crippen LogP contribution in [0.1, 0.15) is 37.9 Å². The zero-order valence-corrected chi connectivity index (χ0v) is 12.1. The van der Waals surface area contributed by atoms with E-state index in [4.69, 9.17) is 11.1 Å². The number of guanidine groups is 1. The van der Waals surface area contributed by atoms with E-state index in [-0.39, 0.29) is 5.96 Å². The molecule has 104 valence electrons. The van der Waals surface area contributed by atoms with Gasteiger partial charge in [0.25, 0.3) is 0 Å². The molecular formula is C15H24N4. The number of hydrogen-bond donors (Lipinski definition) is 2. The lowest BCUT2D eigenvalue weighted by molar-refractivity contribution is 0.117. The Bertz CT molecular complexity index is 455. The summed E-state index contributed by atoms with van der Waals surface area (Å²) in [6.45, 7) is 8.99. The van der Waals surface area contributed by atoms with Crippen molar-refractivity contribution in [2.24, 2.45) is 11.7 Å². The second-order valence-electron chi connectivity index (χ2n) is 5.52. The quantitative estimate of drug-likeness (QED) is 0.645. The highest BCUT2D eigenvalue weighted by Gasteiger charge is 2.32. The van der Waals surface area contributed by atoms with Crippen LogP contribution >= 0.6 is 0 Å². The van der Waals surface area contributed by atoms with Crippen LogP contribution in [-0.2, 0) is 6.54 Å². The smallest absolute Gasteiger partial charge is 0.189 e. The fourth-order valence-electron chi connectivity index (χ4n) is 2.97. The van der Waals surface area contributed by atoms with Gasteiger partial charge in [0.1, 0.15) is 0 Å². The summed E-state index contributed by atoms with van der Waals surface area (Å²) >= 11 is 0. The Balaban J connectivity index is 2.21. The Labute approximate surface area is 115 Å². The van der Waals surface area contributed by atoms with E-state index in [1.54, 1.807) is 0 Å². The van der Waals surface area contributed by atoms with Gasteiger partial charge in [-0.1, -0.05) is 38.1 Å². The van der Waals surface area contributed by atoms with Crippen molar-refractivity contribution >= 4 is 5.96 Å². The number of benzene rings is 1. The van der Waals surface area contributed by atoms with Crippen LogP contribution in [0.3, 0.4) is 0 Å². The maximum absolute atomic E-state index is 7.63. The largest absolute Gasteiger partial charge is 0.370 e. The van der Waals surface area contributed by atoms with E-state index in [2.05, 4.69) is 43.0 Å². The van der Waals surface area contributed by atoms with E-state index >= 15 is 0 Å². The molecule has 1 aliphatic rings. The van der Waals surface area contributed by atoms with Crippen molar-refractivity contribution in [3.8, 4) is 0 Å². The molecule has 0 amide bonds. The standard InChI is InChI=1S/C15H24N4/c1-4-18(15(16)17)10-19-9-12-7-5-6-8-13(12)14(19)11(2)3/h5-8,11,14H,4,9-10H2,1-3H3,(H3,16,17). The molecule has 1 heterocycles. The lowest BCUT2D eigenvalue weighted by atomic mass is 9.96. The number of nitrogens with one attached hydrogen (secondary N) is 1. The first-order chi connectivity index (χ1) is 9.04. The molecule has 0 aromatic heterocycles. The highest BCUT2D eigenvalue weighted by Crippen LogP contribution is 2.38.